The Bertz CT molecular complexity index is 332. The maximum atomic E-state index is 11.5. The maximum Gasteiger partial charge on any atom is 0.268 e. The number of anilines is 1. The van der Waals surface area contributed by atoms with Crippen molar-refractivity contribution in [3.05, 3.63) is 22.6 Å². The van der Waals surface area contributed by atoms with E-state index >= 15 is 0 Å². The van der Waals surface area contributed by atoms with Crippen LogP contribution in [0.4, 0.5) is 5.69 Å². The third kappa shape index (κ3) is 2.87. The van der Waals surface area contributed by atoms with E-state index in [4.69, 9.17) is 0 Å². The minimum atomic E-state index is -0.0343. The third-order valence-corrected chi connectivity index (χ3v) is 2.13. The minimum absolute atomic E-state index is 0.0343. The summed E-state index contributed by atoms with van der Waals surface area (Å²) in [6.07, 6.45) is 4.99. The van der Waals surface area contributed by atoms with E-state index in [1.807, 2.05) is 0 Å². The lowest BCUT2D eigenvalue weighted by Crippen LogP contribution is -2.22. The molecule has 1 heterocycles. The summed E-state index contributed by atoms with van der Waals surface area (Å²) in [6.45, 7) is 2.86. The number of aryl methyl sites for hydroxylation is 1. The monoisotopic (exact) mass is 195 g/mol. The molecule has 1 rings (SSSR count). The molecule has 0 fully saturated rings. The third-order valence-electron chi connectivity index (χ3n) is 2.13. The second kappa shape index (κ2) is 5.42. The van der Waals surface area contributed by atoms with Crippen molar-refractivity contribution in [3.8, 4) is 0 Å². The van der Waals surface area contributed by atoms with Crippen LogP contribution in [0.1, 0.15) is 26.2 Å². The molecule has 14 heavy (non-hydrogen) atoms. The molecule has 4 nitrogen and oxygen atoms in total. The van der Waals surface area contributed by atoms with Crippen molar-refractivity contribution in [2.75, 3.05) is 12.4 Å². The highest BCUT2D eigenvalue weighted by molar-refractivity contribution is 5.37. The SMILES string of the molecule is CCCCCn1ncc(NC)cc1=O. The summed E-state index contributed by atoms with van der Waals surface area (Å²) in [5.41, 5.74) is 0.731. The average Bonchev–Trinajstić information content (AvgIpc) is 2.20. The summed E-state index contributed by atoms with van der Waals surface area (Å²) in [7, 11) is 1.78. The van der Waals surface area contributed by atoms with Crippen molar-refractivity contribution >= 4 is 5.69 Å². The summed E-state index contributed by atoms with van der Waals surface area (Å²) in [6, 6.07) is 1.57. The second-order valence-electron chi connectivity index (χ2n) is 3.26. The van der Waals surface area contributed by atoms with Crippen LogP contribution in [-0.2, 0) is 6.54 Å². The first-order valence-corrected chi connectivity index (χ1v) is 5.03. The Kier molecular flexibility index (Phi) is 4.16. The van der Waals surface area contributed by atoms with Crippen molar-refractivity contribution in [2.24, 2.45) is 0 Å². The normalized spacial score (nSPS) is 10.1. The fourth-order valence-electron chi connectivity index (χ4n) is 1.25. The van der Waals surface area contributed by atoms with Crippen LogP contribution in [0.5, 0.6) is 0 Å². The Labute approximate surface area is 84.0 Å². The molecule has 1 N–H and O–H groups in total. The predicted molar refractivity (Wildman–Crippen MR) is 57.6 cm³/mol. The van der Waals surface area contributed by atoms with Gasteiger partial charge in [0, 0.05) is 19.7 Å². The first kappa shape index (κ1) is 10.8. The molecule has 0 aliphatic carbocycles. The van der Waals surface area contributed by atoms with Gasteiger partial charge in [0.15, 0.2) is 0 Å². The molecule has 1 aromatic heterocycles. The Morgan fingerprint density at radius 2 is 2.29 bits per heavy atom. The molecule has 78 valence electrons. The van der Waals surface area contributed by atoms with Gasteiger partial charge in [0.05, 0.1) is 11.9 Å². The van der Waals surface area contributed by atoms with Gasteiger partial charge in [0.25, 0.3) is 5.56 Å². The average molecular weight is 195 g/mol. The largest absolute Gasteiger partial charge is 0.387 e. The van der Waals surface area contributed by atoms with E-state index in [1.165, 1.54) is 4.68 Å². The molecule has 1 aromatic rings. The van der Waals surface area contributed by atoms with E-state index in [9.17, 15) is 4.79 Å². The van der Waals surface area contributed by atoms with Gasteiger partial charge in [-0.05, 0) is 6.42 Å². The van der Waals surface area contributed by atoms with Crippen molar-refractivity contribution in [1.29, 1.82) is 0 Å². The number of nitrogens with one attached hydrogen (secondary N) is 1. The Morgan fingerprint density at radius 1 is 1.50 bits per heavy atom. The first-order valence-electron chi connectivity index (χ1n) is 5.03. The number of rotatable bonds is 5. The fourth-order valence-corrected chi connectivity index (χ4v) is 1.25. The maximum absolute atomic E-state index is 11.5. The van der Waals surface area contributed by atoms with E-state index < -0.39 is 0 Å². The smallest absolute Gasteiger partial charge is 0.268 e. The van der Waals surface area contributed by atoms with Crippen LogP contribution in [0.25, 0.3) is 0 Å². The number of hydrogen-bond acceptors (Lipinski definition) is 3. The van der Waals surface area contributed by atoms with Crippen LogP contribution in [0.2, 0.25) is 0 Å². The molecule has 4 heteroatoms. The molecule has 0 amide bonds. The van der Waals surface area contributed by atoms with Gasteiger partial charge in [-0.25, -0.2) is 4.68 Å². The summed E-state index contributed by atoms with van der Waals surface area (Å²) >= 11 is 0. The van der Waals surface area contributed by atoms with Crippen LogP contribution >= 0.6 is 0 Å². The molecule has 0 spiro atoms. The molecule has 0 aliphatic rings. The van der Waals surface area contributed by atoms with Gasteiger partial charge in [-0.3, -0.25) is 4.79 Å². The van der Waals surface area contributed by atoms with Crippen molar-refractivity contribution in [3.63, 3.8) is 0 Å². The molecular weight excluding hydrogens is 178 g/mol. The second-order valence-corrected chi connectivity index (χ2v) is 3.26. The van der Waals surface area contributed by atoms with Gasteiger partial charge in [-0.15, -0.1) is 0 Å². The van der Waals surface area contributed by atoms with Gasteiger partial charge >= 0.3 is 0 Å². The predicted octanol–water partition coefficient (Wildman–Crippen LogP) is 1.48. The van der Waals surface area contributed by atoms with Crippen molar-refractivity contribution in [2.45, 2.75) is 32.7 Å². The Balaban J connectivity index is 2.64. The molecule has 0 radical (unpaired) electrons. The summed E-state index contributed by atoms with van der Waals surface area (Å²) in [5.74, 6) is 0. The molecule has 0 unspecified atom stereocenters. The number of nitrogens with zero attached hydrogens (tertiary/aromatic N) is 2. The van der Waals surface area contributed by atoms with Crippen molar-refractivity contribution < 1.29 is 0 Å². The van der Waals surface area contributed by atoms with Gasteiger partial charge < -0.3 is 5.32 Å². The fraction of sp³-hybridized carbons (Fsp3) is 0.600. The number of unbranched alkanes of at least 4 members (excludes halogenated alkanes) is 2. The van der Waals surface area contributed by atoms with Gasteiger partial charge in [0.2, 0.25) is 0 Å². The van der Waals surface area contributed by atoms with E-state index in [-0.39, 0.29) is 5.56 Å². The molecular formula is C10H17N3O. The first-order chi connectivity index (χ1) is 6.77. The highest BCUT2D eigenvalue weighted by atomic mass is 16.1. The lowest BCUT2D eigenvalue weighted by atomic mass is 10.2. The van der Waals surface area contributed by atoms with E-state index in [0.717, 1.165) is 31.5 Å². The standard InChI is InChI=1S/C10H17N3O/c1-3-4-5-6-13-10(14)7-9(11-2)8-12-13/h7-8,11H,3-6H2,1-2H3. The van der Waals surface area contributed by atoms with Gasteiger partial charge in [-0.1, -0.05) is 19.8 Å². The molecule has 0 aliphatic heterocycles. The summed E-state index contributed by atoms with van der Waals surface area (Å²) in [5, 5.41) is 6.95. The lowest BCUT2D eigenvalue weighted by molar-refractivity contribution is 0.529. The molecule has 0 saturated heterocycles. The summed E-state index contributed by atoms with van der Waals surface area (Å²) < 4.78 is 1.51. The van der Waals surface area contributed by atoms with E-state index in [2.05, 4.69) is 17.3 Å². The Hall–Kier alpha value is -1.32. The highest BCUT2D eigenvalue weighted by Gasteiger charge is 1.97. The van der Waals surface area contributed by atoms with Crippen LogP contribution < -0.4 is 10.9 Å². The van der Waals surface area contributed by atoms with Crippen LogP contribution in [-0.4, -0.2) is 16.8 Å². The lowest BCUT2D eigenvalue weighted by Gasteiger charge is -2.04. The van der Waals surface area contributed by atoms with Crippen LogP contribution in [0.15, 0.2) is 17.1 Å². The minimum Gasteiger partial charge on any atom is -0.387 e. The zero-order chi connectivity index (χ0) is 10.4. The number of aromatic nitrogens is 2. The molecule has 0 saturated carbocycles. The molecule has 0 bridgehead atoms. The summed E-state index contributed by atoms with van der Waals surface area (Å²) in [4.78, 5) is 11.5. The Morgan fingerprint density at radius 3 is 2.86 bits per heavy atom. The van der Waals surface area contributed by atoms with E-state index in [0.29, 0.717) is 0 Å². The zero-order valence-corrected chi connectivity index (χ0v) is 8.79. The molecule has 0 atom stereocenters. The van der Waals surface area contributed by atoms with Gasteiger partial charge in [0.1, 0.15) is 0 Å². The van der Waals surface area contributed by atoms with E-state index in [1.54, 1.807) is 19.3 Å². The topological polar surface area (TPSA) is 46.9 Å². The van der Waals surface area contributed by atoms with Gasteiger partial charge in [-0.2, -0.15) is 5.10 Å². The van der Waals surface area contributed by atoms with Crippen LogP contribution in [0.3, 0.4) is 0 Å². The van der Waals surface area contributed by atoms with Crippen LogP contribution in [0, 0.1) is 0 Å². The highest BCUT2D eigenvalue weighted by Crippen LogP contribution is 1.99. The quantitative estimate of drug-likeness (QED) is 0.724. The zero-order valence-electron chi connectivity index (χ0n) is 8.79. The van der Waals surface area contributed by atoms with Crippen molar-refractivity contribution in [1.82, 2.24) is 9.78 Å². The molecule has 0 aromatic carbocycles. The number of hydrogen-bond donors (Lipinski definition) is 1.